The van der Waals surface area contributed by atoms with E-state index in [9.17, 15) is 18.0 Å². The van der Waals surface area contributed by atoms with Crippen LogP contribution < -0.4 is 10.2 Å². The smallest absolute Gasteiger partial charge is 0.245 e. The van der Waals surface area contributed by atoms with Crippen LogP contribution in [0.2, 0.25) is 0 Å². The number of aromatic nitrogens is 1. The standard InChI is InChI=1S/C23H28N4O4S/c1-16-9-12-26(13-10-16)32(30,31)19-6-7-20-18(14-19)5-8-22(29)27(20)15-21(28)25-23-17(2)4-3-11-24-23/h3-4,6-7,11,14,16H,5,8-10,12-13,15H2,1-2H3,(H,24,25,28). The molecule has 2 aromatic rings. The molecule has 0 atom stereocenters. The van der Waals surface area contributed by atoms with E-state index in [-0.39, 0.29) is 29.7 Å². The van der Waals surface area contributed by atoms with Crippen molar-refractivity contribution in [2.24, 2.45) is 5.92 Å². The predicted octanol–water partition coefficient (Wildman–Crippen LogP) is 2.73. The lowest BCUT2D eigenvalue weighted by Gasteiger charge is -2.31. The maximum absolute atomic E-state index is 13.1. The summed E-state index contributed by atoms with van der Waals surface area (Å²) in [6.45, 7) is 4.88. The zero-order chi connectivity index (χ0) is 22.9. The van der Waals surface area contributed by atoms with E-state index in [1.807, 2.05) is 13.0 Å². The summed E-state index contributed by atoms with van der Waals surface area (Å²) in [5.41, 5.74) is 2.17. The zero-order valence-corrected chi connectivity index (χ0v) is 19.2. The highest BCUT2D eigenvalue weighted by molar-refractivity contribution is 7.89. The second kappa shape index (κ2) is 8.99. The molecule has 0 radical (unpaired) electrons. The number of amides is 2. The third-order valence-electron chi connectivity index (χ3n) is 6.20. The lowest BCUT2D eigenvalue weighted by molar-refractivity contribution is -0.121. The van der Waals surface area contributed by atoms with Crippen molar-refractivity contribution < 1.29 is 18.0 Å². The van der Waals surface area contributed by atoms with Crippen LogP contribution in [0.5, 0.6) is 0 Å². The number of benzene rings is 1. The summed E-state index contributed by atoms with van der Waals surface area (Å²) in [4.78, 5) is 31.0. The molecule has 1 aromatic carbocycles. The minimum absolute atomic E-state index is 0.155. The van der Waals surface area contributed by atoms with Crippen molar-refractivity contribution in [3.8, 4) is 0 Å². The number of nitrogens with zero attached hydrogens (tertiary/aromatic N) is 3. The average molecular weight is 457 g/mol. The summed E-state index contributed by atoms with van der Waals surface area (Å²) in [5, 5.41) is 2.74. The third kappa shape index (κ3) is 4.54. The van der Waals surface area contributed by atoms with E-state index in [1.165, 1.54) is 4.90 Å². The van der Waals surface area contributed by atoms with E-state index in [0.29, 0.717) is 36.9 Å². The number of carbonyl (C=O) groups excluding carboxylic acids is 2. The van der Waals surface area contributed by atoms with Crippen molar-refractivity contribution in [1.29, 1.82) is 0 Å². The topological polar surface area (TPSA) is 99.7 Å². The van der Waals surface area contributed by atoms with Gasteiger partial charge in [-0.1, -0.05) is 13.0 Å². The Balaban J connectivity index is 1.54. The van der Waals surface area contributed by atoms with Crippen LogP contribution in [-0.4, -0.2) is 49.2 Å². The van der Waals surface area contributed by atoms with Gasteiger partial charge in [0.15, 0.2) is 0 Å². The molecule has 4 rings (SSSR count). The van der Waals surface area contributed by atoms with Crippen LogP contribution in [0.25, 0.3) is 0 Å². The number of rotatable bonds is 5. The molecule has 1 saturated heterocycles. The van der Waals surface area contributed by atoms with Gasteiger partial charge >= 0.3 is 0 Å². The van der Waals surface area contributed by atoms with Gasteiger partial charge in [-0.15, -0.1) is 0 Å². The van der Waals surface area contributed by atoms with Gasteiger partial charge in [0, 0.05) is 31.4 Å². The molecule has 0 spiro atoms. The molecule has 170 valence electrons. The highest BCUT2D eigenvalue weighted by Crippen LogP contribution is 2.32. The number of nitrogens with one attached hydrogen (secondary N) is 1. The van der Waals surface area contributed by atoms with Crippen LogP contribution in [0.4, 0.5) is 11.5 Å². The lowest BCUT2D eigenvalue weighted by atomic mass is 10.0. The fraction of sp³-hybridized carbons (Fsp3) is 0.435. The molecule has 9 heteroatoms. The number of fused-ring (bicyclic) bond motifs is 1. The van der Waals surface area contributed by atoms with Gasteiger partial charge in [-0.05, 0) is 67.5 Å². The molecule has 1 N–H and O–H groups in total. The lowest BCUT2D eigenvalue weighted by Crippen LogP contribution is -2.41. The average Bonchev–Trinajstić information content (AvgIpc) is 2.77. The summed E-state index contributed by atoms with van der Waals surface area (Å²) in [7, 11) is -3.58. The molecule has 0 saturated carbocycles. The maximum atomic E-state index is 13.1. The number of hydrogen-bond donors (Lipinski definition) is 1. The fourth-order valence-electron chi connectivity index (χ4n) is 4.18. The summed E-state index contributed by atoms with van der Waals surface area (Å²) in [5.74, 6) is 0.475. The van der Waals surface area contributed by atoms with Crippen molar-refractivity contribution >= 4 is 33.3 Å². The van der Waals surface area contributed by atoms with Gasteiger partial charge in [-0.2, -0.15) is 4.31 Å². The quantitative estimate of drug-likeness (QED) is 0.746. The molecule has 32 heavy (non-hydrogen) atoms. The summed E-state index contributed by atoms with van der Waals surface area (Å²) < 4.78 is 27.8. The Bertz CT molecular complexity index is 1140. The number of aryl methyl sites for hydroxylation is 2. The van der Waals surface area contributed by atoms with Gasteiger partial charge in [0.2, 0.25) is 21.8 Å². The highest BCUT2D eigenvalue weighted by Gasteiger charge is 2.31. The van der Waals surface area contributed by atoms with E-state index >= 15 is 0 Å². The van der Waals surface area contributed by atoms with Crippen molar-refractivity contribution in [3.05, 3.63) is 47.7 Å². The number of pyridine rings is 1. The predicted molar refractivity (Wildman–Crippen MR) is 122 cm³/mol. The maximum Gasteiger partial charge on any atom is 0.245 e. The minimum Gasteiger partial charge on any atom is -0.309 e. The summed E-state index contributed by atoms with van der Waals surface area (Å²) in [6, 6.07) is 8.47. The van der Waals surface area contributed by atoms with E-state index in [0.717, 1.165) is 24.0 Å². The number of hydrogen-bond acceptors (Lipinski definition) is 5. The first-order chi connectivity index (χ1) is 15.3. The van der Waals surface area contributed by atoms with Crippen molar-refractivity contribution in [1.82, 2.24) is 9.29 Å². The van der Waals surface area contributed by atoms with Crippen molar-refractivity contribution in [3.63, 3.8) is 0 Å². The molecule has 2 aliphatic rings. The number of piperidine rings is 1. The van der Waals surface area contributed by atoms with E-state index < -0.39 is 10.0 Å². The molecule has 0 bridgehead atoms. The molecule has 8 nitrogen and oxygen atoms in total. The van der Waals surface area contributed by atoms with E-state index in [1.54, 1.807) is 34.8 Å². The number of sulfonamides is 1. The van der Waals surface area contributed by atoms with Crippen LogP contribution in [0.3, 0.4) is 0 Å². The van der Waals surface area contributed by atoms with Gasteiger partial charge in [0.1, 0.15) is 12.4 Å². The minimum atomic E-state index is -3.58. The van der Waals surface area contributed by atoms with Crippen molar-refractivity contribution in [2.45, 2.75) is 44.4 Å². The van der Waals surface area contributed by atoms with Crippen molar-refractivity contribution in [2.75, 3.05) is 29.9 Å². The van der Waals surface area contributed by atoms with Crippen LogP contribution in [0, 0.1) is 12.8 Å². The van der Waals surface area contributed by atoms with Crippen LogP contribution >= 0.6 is 0 Å². The molecule has 1 aromatic heterocycles. The highest BCUT2D eigenvalue weighted by atomic mass is 32.2. The molecule has 3 heterocycles. The van der Waals surface area contributed by atoms with E-state index in [2.05, 4.69) is 17.2 Å². The van der Waals surface area contributed by atoms with Gasteiger partial charge in [0.05, 0.1) is 4.90 Å². The Morgan fingerprint density at radius 3 is 2.66 bits per heavy atom. The Hall–Kier alpha value is -2.78. The first-order valence-electron chi connectivity index (χ1n) is 10.9. The SMILES string of the molecule is Cc1cccnc1NC(=O)CN1C(=O)CCc2cc(S(=O)(=O)N3CCC(C)CC3)ccc21. The van der Waals surface area contributed by atoms with Gasteiger partial charge in [-0.25, -0.2) is 13.4 Å². The summed E-state index contributed by atoms with van der Waals surface area (Å²) in [6.07, 6.45) is 3.99. The second-order valence-electron chi connectivity index (χ2n) is 8.57. The number of carbonyl (C=O) groups is 2. The third-order valence-corrected chi connectivity index (χ3v) is 8.10. The van der Waals surface area contributed by atoms with Gasteiger partial charge in [-0.3, -0.25) is 9.59 Å². The number of anilines is 2. The normalized spacial score (nSPS) is 17.8. The molecule has 2 aliphatic heterocycles. The second-order valence-corrected chi connectivity index (χ2v) is 10.5. The Morgan fingerprint density at radius 1 is 1.19 bits per heavy atom. The molecule has 1 fully saturated rings. The van der Waals surface area contributed by atoms with Crippen LogP contribution in [-0.2, 0) is 26.0 Å². The Labute approximate surface area is 188 Å². The fourth-order valence-corrected chi connectivity index (χ4v) is 5.70. The molecular weight excluding hydrogens is 428 g/mol. The Kier molecular flexibility index (Phi) is 6.30. The Morgan fingerprint density at radius 2 is 1.94 bits per heavy atom. The van der Waals surface area contributed by atoms with E-state index in [4.69, 9.17) is 0 Å². The molecule has 0 aliphatic carbocycles. The zero-order valence-electron chi connectivity index (χ0n) is 18.4. The summed E-state index contributed by atoms with van der Waals surface area (Å²) >= 11 is 0. The van der Waals surface area contributed by atoms with Gasteiger partial charge < -0.3 is 10.2 Å². The van der Waals surface area contributed by atoms with Crippen LogP contribution in [0.15, 0.2) is 41.4 Å². The molecular formula is C23H28N4O4S. The largest absolute Gasteiger partial charge is 0.309 e. The first-order valence-corrected chi connectivity index (χ1v) is 12.3. The first kappa shape index (κ1) is 22.4. The monoisotopic (exact) mass is 456 g/mol. The van der Waals surface area contributed by atoms with Gasteiger partial charge in [0.25, 0.3) is 0 Å². The molecule has 0 unspecified atom stereocenters. The van der Waals surface area contributed by atoms with Crippen LogP contribution in [0.1, 0.15) is 37.3 Å². The molecule has 2 amide bonds.